The van der Waals surface area contributed by atoms with Crippen LogP contribution < -0.4 is 0 Å². The van der Waals surface area contributed by atoms with Gasteiger partial charge in [0.25, 0.3) is 10.2 Å². The smallest absolute Gasteiger partial charge is 0.281 e. The maximum Gasteiger partial charge on any atom is 0.281 e. The SMILES string of the molecule is CN1CC(c2ccccc2)CC2(CCN(S(=O)(=O)N(C)C)CC2)C1. The molecule has 134 valence electrons. The minimum absolute atomic E-state index is 0.242. The zero-order valence-electron chi connectivity index (χ0n) is 15.0. The van der Waals surface area contributed by atoms with Gasteiger partial charge in [0.15, 0.2) is 0 Å². The number of likely N-dealkylation sites (tertiary alicyclic amines) is 1. The fourth-order valence-electron chi connectivity index (χ4n) is 4.40. The molecule has 2 aliphatic rings. The summed E-state index contributed by atoms with van der Waals surface area (Å²) in [6.45, 7) is 3.43. The van der Waals surface area contributed by atoms with E-state index < -0.39 is 10.2 Å². The first-order chi connectivity index (χ1) is 11.3. The fourth-order valence-corrected chi connectivity index (χ4v) is 5.50. The molecule has 0 aromatic heterocycles. The van der Waals surface area contributed by atoms with Gasteiger partial charge in [0.2, 0.25) is 0 Å². The van der Waals surface area contributed by atoms with Crippen LogP contribution in [-0.4, -0.2) is 69.3 Å². The number of rotatable bonds is 3. The van der Waals surface area contributed by atoms with Crippen LogP contribution in [0, 0.1) is 5.41 Å². The Morgan fingerprint density at radius 2 is 1.75 bits per heavy atom. The summed E-state index contributed by atoms with van der Waals surface area (Å²) in [5, 5.41) is 0. The molecule has 0 amide bonds. The Labute approximate surface area is 146 Å². The molecule has 2 saturated heterocycles. The number of likely N-dealkylation sites (N-methyl/N-ethyl adjacent to an activating group) is 1. The molecule has 0 bridgehead atoms. The average molecular weight is 352 g/mol. The molecule has 0 saturated carbocycles. The van der Waals surface area contributed by atoms with Gasteiger partial charge in [-0.1, -0.05) is 30.3 Å². The summed E-state index contributed by atoms with van der Waals surface area (Å²) in [5.74, 6) is 0.543. The lowest BCUT2D eigenvalue weighted by atomic mass is 9.68. The van der Waals surface area contributed by atoms with Crippen LogP contribution in [0.15, 0.2) is 30.3 Å². The van der Waals surface area contributed by atoms with E-state index in [-0.39, 0.29) is 5.41 Å². The van der Waals surface area contributed by atoms with Crippen molar-refractivity contribution in [3.63, 3.8) is 0 Å². The maximum atomic E-state index is 12.3. The third-order valence-electron chi connectivity index (χ3n) is 5.66. The molecular weight excluding hydrogens is 322 g/mol. The first kappa shape index (κ1) is 17.9. The minimum atomic E-state index is -3.28. The highest BCUT2D eigenvalue weighted by Gasteiger charge is 2.43. The Kier molecular flexibility index (Phi) is 5.02. The normalized spacial score (nSPS) is 26.1. The quantitative estimate of drug-likeness (QED) is 0.837. The van der Waals surface area contributed by atoms with Crippen molar-refractivity contribution in [3.05, 3.63) is 35.9 Å². The highest BCUT2D eigenvalue weighted by molar-refractivity contribution is 7.86. The molecule has 1 unspecified atom stereocenters. The predicted octanol–water partition coefficient (Wildman–Crippen LogP) is 1.99. The molecule has 2 heterocycles. The predicted molar refractivity (Wildman–Crippen MR) is 97.1 cm³/mol. The van der Waals surface area contributed by atoms with E-state index in [4.69, 9.17) is 0 Å². The molecule has 0 N–H and O–H groups in total. The number of hydrogen-bond donors (Lipinski definition) is 0. The van der Waals surface area contributed by atoms with Crippen LogP contribution in [0.3, 0.4) is 0 Å². The third kappa shape index (κ3) is 3.52. The lowest BCUT2D eigenvalue weighted by molar-refractivity contribution is 0.0431. The van der Waals surface area contributed by atoms with Gasteiger partial charge in [0.1, 0.15) is 0 Å². The van der Waals surface area contributed by atoms with Crippen molar-refractivity contribution in [2.75, 3.05) is 47.3 Å². The number of benzene rings is 1. The van der Waals surface area contributed by atoms with Crippen molar-refractivity contribution < 1.29 is 8.42 Å². The zero-order chi connectivity index (χ0) is 17.4. The molecule has 24 heavy (non-hydrogen) atoms. The molecule has 1 aromatic carbocycles. The molecule has 5 nitrogen and oxygen atoms in total. The van der Waals surface area contributed by atoms with Gasteiger partial charge in [-0.2, -0.15) is 17.0 Å². The standard InChI is InChI=1S/C18H29N3O2S/c1-19(2)24(22,23)21-11-9-18(10-12-21)13-17(14-20(3)15-18)16-7-5-4-6-8-16/h4-8,17H,9-15H2,1-3H3. The molecule has 1 aromatic rings. The largest absolute Gasteiger partial charge is 0.305 e. The van der Waals surface area contributed by atoms with E-state index >= 15 is 0 Å². The van der Waals surface area contributed by atoms with Gasteiger partial charge in [0, 0.05) is 40.3 Å². The third-order valence-corrected chi connectivity index (χ3v) is 7.60. The van der Waals surface area contributed by atoms with Crippen LogP contribution in [0.5, 0.6) is 0 Å². The van der Waals surface area contributed by atoms with Crippen LogP contribution >= 0.6 is 0 Å². The topological polar surface area (TPSA) is 43.9 Å². The van der Waals surface area contributed by atoms with Crippen molar-refractivity contribution in [1.29, 1.82) is 0 Å². The van der Waals surface area contributed by atoms with E-state index in [0.717, 1.165) is 32.4 Å². The van der Waals surface area contributed by atoms with E-state index in [1.165, 1.54) is 9.87 Å². The van der Waals surface area contributed by atoms with Crippen molar-refractivity contribution in [2.45, 2.75) is 25.2 Å². The summed E-state index contributed by atoms with van der Waals surface area (Å²) in [7, 11) is 2.13. The lowest BCUT2D eigenvalue weighted by Crippen LogP contribution is -2.53. The fraction of sp³-hybridized carbons (Fsp3) is 0.667. The van der Waals surface area contributed by atoms with Gasteiger partial charge >= 0.3 is 0 Å². The Balaban J connectivity index is 1.73. The second-order valence-electron chi connectivity index (χ2n) is 7.70. The zero-order valence-corrected chi connectivity index (χ0v) is 15.8. The molecule has 0 radical (unpaired) electrons. The second kappa shape index (κ2) is 6.75. The first-order valence-corrected chi connectivity index (χ1v) is 10.1. The van der Waals surface area contributed by atoms with Crippen molar-refractivity contribution in [1.82, 2.24) is 13.5 Å². The van der Waals surface area contributed by atoms with Gasteiger partial charge in [-0.25, -0.2) is 0 Å². The minimum Gasteiger partial charge on any atom is -0.305 e. The first-order valence-electron chi connectivity index (χ1n) is 8.74. The molecule has 6 heteroatoms. The Morgan fingerprint density at radius 3 is 2.33 bits per heavy atom. The van der Waals surface area contributed by atoms with E-state index in [2.05, 4.69) is 42.3 Å². The van der Waals surface area contributed by atoms with E-state index in [0.29, 0.717) is 19.0 Å². The molecule has 2 fully saturated rings. The molecule has 2 aliphatic heterocycles. The van der Waals surface area contributed by atoms with Crippen molar-refractivity contribution in [2.24, 2.45) is 5.41 Å². The summed E-state index contributed by atoms with van der Waals surface area (Å²) >= 11 is 0. The van der Waals surface area contributed by atoms with E-state index in [1.807, 2.05) is 0 Å². The van der Waals surface area contributed by atoms with Crippen LogP contribution in [0.4, 0.5) is 0 Å². The molecular formula is C18H29N3O2S. The lowest BCUT2D eigenvalue weighted by Gasteiger charge is -2.49. The molecule has 3 rings (SSSR count). The van der Waals surface area contributed by atoms with Crippen LogP contribution in [-0.2, 0) is 10.2 Å². The monoisotopic (exact) mass is 351 g/mol. The molecule has 1 spiro atoms. The van der Waals surface area contributed by atoms with Crippen LogP contribution in [0.2, 0.25) is 0 Å². The highest BCUT2D eigenvalue weighted by Crippen LogP contribution is 2.45. The molecule has 1 atom stereocenters. The van der Waals surface area contributed by atoms with Gasteiger partial charge in [-0.15, -0.1) is 0 Å². The Hall–Kier alpha value is -0.950. The molecule has 0 aliphatic carbocycles. The van der Waals surface area contributed by atoms with Gasteiger partial charge < -0.3 is 4.90 Å². The van der Waals surface area contributed by atoms with Crippen molar-refractivity contribution in [3.8, 4) is 0 Å². The Morgan fingerprint density at radius 1 is 1.12 bits per heavy atom. The van der Waals surface area contributed by atoms with E-state index in [1.54, 1.807) is 18.4 Å². The Bertz CT molecular complexity index is 652. The maximum absolute atomic E-state index is 12.3. The number of piperidine rings is 2. The van der Waals surface area contributed by atoms with E-state index in [9.17, 15) is 8.42 Å². The van der Waals surface area contributed by atoms with Crippen LogP contribution in [0.1, 0.15) is 30.7 Å². The average Bonchev–Trinajstić information content (AvgIpc) is 2.55. The summed E-state index contributed by atoms with van der Waals surface area (Å²) < 4.78 is 27.7. The van der Waals surface area contributed by atoms with Crippen molar-refractivity contribution >= 4 is 10.2 Å². The van der Waals surface area contributed by atoms with Gasteiger partial charge in [0.05, 0.1) is 0 Å². The van der Waals surface area contributed by atoms with Crippen LogP contribution in [0.25, 0.3) is 0 Å². The summed E-state index contributed by atoms with van der Waals surface area (Å²) in [6.07, 6.45) is 3.07. The highest BCUT2D eigenvalue weighted by atomic mass is 32.2. The second-order valence-corrected chi connectivity index (χ2v) is 9.84. The summed E-state index contributed by atoms with van der Waals surface area (Å²) in [5.41, 5.74) is 1.65. The number of nitrogens with zero attached hydrogens (tertiary/aromatic N) is 3. The van der Waals surface area contributed by atoms with Gasteiger partial charge in [-0.3, -0.25) is 0 Å². The number of hydrogen-bond acceptors (Lipinski definition) is 3. The summed E-state index contributed by atoms with van der Waals surface area (Å²) in [4.78, 5) is 2.43. The van der Waals surface area contributed by atoms with Gasteiger partial charge in [-0.05, 0) is 43.2 Å². The summed E-state index contributed by atoms with van der Waals surface area (Å²) in [6, 6.07) is 10.7.